The van der Waals surface area contributed by atoms with E-state index < -0.39 is 22.4 Å². The third-order valence-electron chi connectivity index (χ3n) is 7.11. The summed E-state index contributed by atoms with van der Waals surface area (Å²) in [5.41, 5.74) is -1.52. The molecule has 2 aromatic carbocycles. The Labute approximate surface area is 228 Å². The van der Waals surface area contributed by atoms with E-state index in [4.69, 9.17) is 11.6 Å². The van der Waals surface area contributed by atoms with Gasteiger partial charge in [-0.15, -0.1) is 0 Å². The third-order valence-corrected chi connectivity index (χ3v) is 7.36. The van der Waals surface area contributed by atoms with Gasteiger partial charge >= 0.3 is 6.18 Å². The number of benzene rings is 2. The quantitative estimate of drug-likeness (QED) is 0.390. The lowest BCUT2D eigenvalue weighted by molar-refractivity contribution is -0.388. The van der Waals surface area contributed by atoms with Crippen LogP contribution < -0.4 is 5.32 Å². The molecule has 1 N–H and O–H groups in total. The predicted octanol–water partition coefficient (Wildman–Crippen LogP) is 4.52. The topological polar surface area (TPSA) is 99.0 Å². The lowest BCUT2D eigenvalue weighted by Gasteiger charge is -2.36. The molecule has 4 rings (SSSR count). The van der Waals surface area contributed by atoms with Crippen LogP contribution in [-0.4, -0.2) is 83.3 Å². The number of piperidine rings is 1. The van der Waals surface area contributed by atoms with E-state index in [1.54, 1.807) is 34.1 Å². The highest BCUT2D eigenvalue weighted by molar-refractivity contribution is 6.30. The number of carbonyl (C=O) groups excluding carboxylic acids is 2. The summed E-state index contributed by atoms with van der Waals surface area (Å²) in [6.45, 7) is 4.03. The van der Waals surface area contributed by atoms with Gasteiger partial charge in [0.15, 0.2) is 0 Å². The van der Waals surface area contributed by atoms with Crippen molar-refractivity contribution in [1.29, 1.82) is 0 Å². The van der Waals surface area contributed by atoms with E-state index in [1.807, 2.05) is 0 Å². The molecule has 13 heteroatoms. The molecule has 2 amide bonds. The van der Waals surface area contributed by atoms with Crippen LogP contribution in [0, 0.1) is 10.1 Å². The number of nitro benzene ring substituents is 1. The average molecular weight is 568 g/mol. The van der Waals surface area contributed by atoms with Gasteiger partial charge in [0.1, 0.15) is 5.56 Å². The van der Waals surface area contributed by atoms with Gasteiger partial charge < -0.3 is 15.1 Å². The van der Waals surface area contributed by atoms with Crippen LogP contribution in [0.25, 0.3) is 0 Å². The summed E-state index contributed by atoms with van der Waals surface area (Å²) < 4.78 is 39.8. The normalized spacial score (nSPS) is 17.2. The van der Waals surface area contributed by atoms with Gasteiger partial charge in [-0.3, -0.25) is 24.6 Å². The van der Waals surface area contributed by atoms with Gasteiger partial charge in [-0.05, 0) is 49.2 Å². The maximum absolute atomic E-state index is 13.3. The molecule has 0 spiro atoms. The van der Waals surface area contributed by atoms with Crippen molar-refractivity contribution >= 4 is 34.8 Å². The number of halogens is 4. The molecule has 0 unspecified atom stereocenters. The molecular weight excluding hydrogens is 539 g/mol. The van der Waals surface area contributed by atoms with Crippen molar-refractivity contribution in [3.05, 3.63) is 68.7 Å². The largest absolute Gasteiger partial charge is 0.423 e. The third kappa shape index (κ3) is 7.39. The molecular formula is C26H29ClF3N5O4. The molecule has 2 heterocycles. The first kappa shape index (κ1) is 28.6. The fourth-order valence-corrected chi connectivity index (χ4v) is 5.01. The van der Waals surface area contributed by atoms with Crippen LogP contribution in [0.5, 0.6) is 0 Å². The Morgan fingerprint density at radius 1 is 0.974 bits per heavy atom. The second-order valence-corrected chi connectivity index (χ2v) is 10.1. The fourth-order valence-electron chi connectivity index (χ4n) is 4.88. The molecule has 0 bridgehead atoms. The molecule has 0 aliphatic carbocycles. The van der Waals surface area contributed by atoms with E-state index in [2.05, 4.69) is 10.2 Å². The zero-order valence-corrected chi connectivity index (χ0v) is 21.9. The van der Waals surface area contributed by atoms with Crippen molar-refractivity contribution < 1.29 is 27.7 Å². The monoisotopic (exact) mass is 567 g/mol. The average Bonchev–Trinajstić information content (AvgIpc) is 2.92. The van der Waals surface area contributed by atoms with Crippen LogP contribution in [0.4, 0.5) is 24.5 Å². The predicted molar refractivity (Wildman–Crippen MR) is 140 cm³/mol. The van der Waals surface area contributed by atoms with Gasteiger partial charge in [-0.2, -0.15) is 13.2 Å². The Morgan fingerprint density at radius 3 is 2.21 bits per heavy atom. The van der Waals surface area contributed by atoms with E-state index in [1.165, 1.54) is 6.07 Å². The van der Waals surface area contributed by atoms with E-state index in [-0.39, 0.29) is 23.5 Å². The number of likely N-dealkylation sites (tertiary alicyclic amines) is 1. The van der Waals surface area contributed by atoms with Crippen molar-refractivity contribution in [2.75, 3.05) is 51.1 Å². The first-order chi connectivity index (χ1) is 18.5. The van der Waals surface area contributed by atoms with E-state index in [0.717, 1.165) is 12.1 Å². The smallest absolute Gasteiger partial charge is 0.382 e. The number of nitrogens with zero attached hydrogens (tertiary/aromatic N) is 4. The maximum atomic E-state index is 13.3. The minimum atomic E-state index is -4.84. The Morgan fingerprint density at radius 2 is 1.62 bits per heavy atom. The number of rotatable bonds is 7. The summed E-state index contributed by atoms with van der Waals surface area (Å²) in [5, 5.41) is 14.6. The number of amides is 2. The lowest BCUT2D eigenvalue weighted by Crippen LogP contribution is -2.49. The number of nitrogens with one attached hydrogen (secondary N) is 1. The number of carbonyl (C=O) groups is 2. The number of nitro groups is 1. The Balaban J connectivity index is 1.19. The number of hydrogen-bond donors (Lipinski definition) is 1. The lowest BCUT2D eigenvalue weighted by atomic mass is 10.0. The van der Waals surface area contributed by atoms with E-state index in [0.29, 0.717) is 75.7 Å². The van der Waals surface area contributed by atoms with Crippen molar-refractivity contribution in [3.63, 3.8) is 0 Å². The Bertz CT molecular complexity index is 1200. The first-order valence-electron chi connectivity index (χ1n) is 12.7. The van der Waals surface area contributed by atoms with Crippen LogP contribution in [0.1, 0.15) is 35.2 Å². The van der Waals surface area contributed by atoms with Crippen LogP contribution in [0.2, 0.25) is 5.02 Å². The van der Waals surface area contributed by atoms with Crippen LogP contribution >= 0.6 is 11.6 Å². The Kier molecular flexibility index (Phi) is 8.96. The van der Waals surface area contributed by atoms with Crippen molar-refractivity contribution in [2.24, 2.45) is 0 Å². The van der Waals surface area contributed by atoms with Gasteiger partial charge in [-0.1, -0.05) is 11.6 Å². The molecule has 0 saturated carbocycles. The minimum absolute atomic E-state index is 0.0165. The Hall–Kier alpha value is -3.38. The van der Waals surface area contributed by atoms with E-state index in [9.17, 15) is 32.9 Å². The second-order valence-electron chi connectivity index (χ2n) is 9.68. The molecule has 2 aromatic rings. The van der Waals surface area contributed by atoms with Gasteiger partial charge in [0.2, 0.25) is 5.91 Å². The summed E-state index contributed by atoms with van der Waals surface area (Å²) in [6, 6.07) is 9.54. The van der Waals surface area contributed by atoms with Gasteiger partial charge in [0.25, 0.3) is 11.6 Å². The molecule has 210 valence electrons. The van der Waals surface area contributed by atoms with Crippen LogP contribution in [-0.2, 0) is 11.0 Å². The standard InChI is InChI=1S/C26H29ClF3N5O4/c27-19-3-1-18(2-4-19)25(37)34-15-13-32(14-16-34)10-9-24(36)33-11-7-20(8-12-33)31-21-5-6-23(35(38)39)22(17-21)26(28,29)30/h1-6,17,20,31H,7-16H2. The number of piperazine rings is 1. The van der Waals surface area contributed by atoms with Crippen molar-refractivity contribution in [2.45, 2.75) is 31.5 Å². The molecule has 2 saturated heterocycles. The number of alkyl halides is 3. The highest BCUT2D eigenvalue weighted by Gasteiger charge is 2.38. The maximum Gasteiger partial charge on any atom is 0.423 e. The van der Waals surface area contributed by atoms with Gasteiger partial charge in [-0.25, -0.2) is 0 Å². The summed E-state index contributed by atoms with van der Waals surface area (Å²) >= 11 is 5.89. The zero-order chi connectivity index (χ0) is 28.2. The minimum Gasteiger partial charge on any atom is -0.382 e. The van der Waals surface area contributed by atoms with Crippen LogP contribution in [0.3, 0.4) is 0 Å². The molecule has 0 atom stereocenters. The van der Waals surface area contributed by atoms with Gasteiger partial charge in [0.05, 0.1) is 4.92 Å². The second kappa shape index (κ2) is 12.2. The molecule has 0 radical (unpaired) electrons. The molecule has 0 aromatic heterocycles. The number of hydrogen-bond acceptors (Lipinski definition) is 6. The van der Waals surface area contributed by atoms with Crippen molar-refractivity contribution in [3.8, 4) is 0 Å². The summed E-state index contributed by atoms with van der Waals surface area (Å²) in [5.74, 6) is -0.0231. The van der Waals surface area contributed by atoms with E-state index >= 15 is 0 Å². The molecule has 9 nitrogen and oxygen atoms in total. The summed E-state index contributed by atoms with van der Waals surface area (Å²) in [7, 11) is 0. The first-order valence-corrected chi connectivity index (χ1v) is 13.1. The van der Waals surface area contributed by atoms with Gasteiger partial charge in [0, 0.05) is 80.6 Å². The molecule has 2 fully saturated rings. The summed E-state index contributed by atoms with van der Waals surface area (Å²) in [6.07, 6.45) is -3.39. The molecule has 2 aliphatic heterocycles. The van der Waals surface area contributed by atoms with Crippen molar-refractivity contribution in [1.82, 2.24) is 14.7 Å². The SMILES string of the molecule is O=C(CCN1CCN(C(=O)c2ccc(Cl)cc2)CC1)N1CCC(Nc2ccc([N+](=O)[O-])c(C(F)(F)F)c2)CC1. The molecule has 39 heavy (non-hydrogen) atoms. The highest BCUT2D eigenvalue weighted by atomic mass is 35.5. The summed E-state index contributed by atoms with van der Waals surface area (Å²) in [4.78, 5) is 41.0. The molecule has 2 aliphatic rings. The fraction of sp³-hybridized carbons (Fsp3) is 0.462. The highest BCUT2D eigenvalue weighted by Crippen LogP contribution is 2.38. The zero-order valence-electron chi connectivity index (χ0n) is 21.1. The number of anilines is 1. The van der Waals surface area contributed by atoms with Crippen LogP contribution in [0.15, 0.2) is 42.5 Å².